The summed E-state index contributed by atoms with van der Waals surface area (Å²) in [6.45, 7) is 0. The Morgan fingerprint density at radius 2 is 0.322 bits per heavy atom. The van der Waals surface area contributed by atoms with Gasteiger partial charge in [-0.3, -0.25) is 0 Å². The predicted octanol–water partition coefficient (Wildman–Crippen LogP) is 22.9. The average molecular weight is 1100 g/mol. The van der Waals surface area contributed by atoms with Crippen LogP contribution in [0.5, 0.6) is 0 Å². The molecule has 0 fully saturated rings. The highest BCUT2D eigenvalue weighted by Crippen LogP contribution is 2.50. The number of hydrogen-bond donors (Lipinski definition) is 0. The molecular formula is C84H51N3. The summed E-state index contributed by atoms with van der Waals surface area (Å²) < 4.78 is 7.70. The third-order valence-electron chi connectivity index (χ3n) is 18.9. The smallest absolute Gasteiger partial charge is 0.0650 e. The lowest BCUT2D eigenvalue weighted by Gasteiger charge is -2.16. The van der Waals surface area contributed by atoms with E-state index < -0.39 is 0 Å². The highest BCUT2D eigenvalue weighted by atomic mass is 15.1. The zero-order valence-electron chi connectivity index (χ0n) is 47.3. The molecule has 0 aliphatic heterocycles. The Morgan fingerprint density at radius 1 is 0.138 bits per heavy atom. The number of aromatic nitrogens is 3. The van der Waals surface area contributed by atoms with Gasteiger partial charge in [0.05, 0.1) is 33.6 Å². The van der Waals surface area contributed by atoms with E-state index in [1.807, 2.05) is 0 Å². The second-order valence-corrected chi connectivity index (χ2v) is 23.4. The van der Waals surface area contributed by atoms with Gasteiger partial charge in [-0.05, 0) is 186 Å². The minimum Gasteiger partial charge on any atom is -0.309 e. The molecule has 0 unspecified atom stereocenters. The number of benzene rings is 16. The molecule has 0 saturated carbocycles. The van der Waals surface area contributed by atoms with Crippen molar-refractivity contribution >= 4 is 130 Å². The van der Waals surface area contributed by atoms with Crippen molar-refractivity contribution in [1.29, 1.82) is 0 Å². The predicted molar refractivity (Wildman–Crippen MR) is 371 cm³/mol. The Bertz CT molecular complexity index is 5370. The number of nitrogens with zero attached hydrogens (tertiary/aromatic N) is 3. The molecule has 0 saturated heterocycles. The van der Waals surface area contributed by atoms with Crippen molar-refractivity contribution in [3.05, 3.63) is 309 Å². The van der Waals surface area contributed by atoms with Gasteiger partial charge in [0, 0.05) is 33.2 Å². The van der Waals surface area contributed by atoms with Crippen molar-refractivity contribution in [3.8, 4) is 50.8 Å². The summed E-state index contributed by atoms with van der Waals surface area (Å²) in [5.41, 5.74) is 13.5. The maximum atomic E-state index is 2.57. The highest BCUT2D eigenvalue weighted by Gasteiger charge is 2.29. The second kappa shape index (κ2) is 18.5. The van der Waals surface area contributed by atoms with Crippen molar-refractivity contribution in [2.75, 3.05) is 0 Å². The Hall–Kier alpha value is -11.5. The number of rotatable bonds is 6. The Kier molecular flexibility index (Phi) is 10.2. The van der Waals surface area contributed by atoms with Gasteiger partial charge < -0.3 is 13.7 Å². The molecule has 19 aromatic rings. The van der Waals surface area contributed by atoms with Crippen LogP contribution in [0.2, 0.25) is 0 Å². The number of hydrogen-bond acceptors (Lipinski definition) is 0. The topological polar surface area (TPSA) is 14.8 Å². The highest BCUT2D eigenvalue weighted by molar-refractivity contribution is 6.31. The molecule has 3 heterocycles. The average Bonchev–Trinajstić information content (AvgIpc) is 1.75. The van der Waals surface area contributed by atoms with Gasteiger partial charge in [0.1, 0.15) is 0 Å². The molecule has 0 spiro atoms. The fourth-order valence-electron chi connectivity index (χ4n) is 15.2. The molecule has 0 amide bonds. The van der Waals surface area contributed by atoms with E-state index in [2.05, 4.69) is 323 Å². The molecule has 402 valence electrons. The molecule has 19 rings (SSSR count). The first-order valence-corrected chi connectivity index (χ1v) is 30.2. The van der Waals surface area contributed by atoms with E-state index in [4.69, 9.17) is 0 Å². The third kappa shape index (κ3) is 6.94. The summed E-state index contributed by atoms with van der Waals surface area (Å²) in [7, 11) is 0. The number of fused-ring (bicyclic) bond motifs is 24. The standard InChI is InChI=1S/C84H51N3/c1-4-22-55(23-5-1)85-79(52-40-43-70-64-34-13-10-28-58(64)61-31-16-19-37-67(61)73(70)46-52)49-76-82(85)77-50-80(53-41-44-71-65-35-14-11-29-59(65)62-32-17-20-38-68(62)74(71)47-53)86(56-24-6-2-7-25-56)84(77)78-51-81(87(83(76)78)57-26-8-3-9-27-57)54-42-45-72-66-36-15-12-30-60(66)63-33-18-21-39-69(63)75(72)48-54/h1-51H. The Labute approximate surface area is 500 Å². The maximum absolute atomic E-state index is 2.57. The van der Waals surface area contributed by atoms with Crippen LogP contribution in [-0.4, -0.2) is 13.7 Å². The fraction of sp³-hybridized carbons (Fsp3) is 0. The molecular weight excluding hydrogens is 1050 g/mol. The molecule has 0 radical (unpaired) electrons. The van der Waals surface area contributed by atoms with Crippen LogP contribution < -0.4 is 0 Å². The molecule has 0 aliphatic carbocycles. The van der Waals surface area contributed by atoms with Crippen LogP contribution in [0.3, 0.4) is 0 Å². The lowest BCUT2D eigenvalue weighted by atomic mass is 9.93. The van der Waals surface area contributed by atoms with Gasteiger partial charge in [0.25, 0.3) is 0 Å². The third-order valence-corrected chi connectivity index (χ3v) is 18.9. The van der Waals surface area contributed by atoms with E-state index >= 15 is 0 Å². The summed E-state index contributed by atoms with van der Waals surface area (Å²) in [6.07, 6.45) is 0. The van der Waals surface area contributed by atoms with Gasteiger partial charge in [0.15, 0.2) is 0 Å². The molecule has 0 atom stereocenters. The normalized spacial score (nSPS) is 12.1. The lowest BCUT2D eigenvalue weighted by Crippen LogP contribution is -2.00. The van der Waals surface area contributed by atoms with Gasteiger partial charge in [-0.2, -0.15) is 0 Å². The summed E-state index contributed by atoms with van der Waals surface area (Å²) in [5.74, 6) is 0. The van der Waals surface area contributed by atoms with Gasteiger partial charge in [-0.1, -0.05) is 237 Å². The first kappa shape index (κ1) is 47.9. The summed E-state index contributed by atoms with van der Waals surface area (Å²) in [4.78, 5) is 0. The van der Waals surface area contributed by atoms with Crippen LogP contribution in [0, 0.1) is 0 Å². The lowest BCUT2D eigenvalue weighted by molar-refractivity contribution is 1.13. The quantitative estimate of drug-likeness (QED) is 0.147. The van der Waals surface area contributed by atoms with Crippen LogP contribution >= 0.6 is 0 Å². The van der Waals surface area contributed by atoms with Gasteiger partial charge in [0.2, 0.25) is 0 Å². The van der Waals surface area contributed by atoms with Crippen molar-refractivity contribution < 1.29 is 0 Å². The molecule has 0 aliphatic rings. The van der Waals surface area contributed by atoms with E-state index in [0.717, 1.165) is 67.4 Å². The summed E-state index contributed by atoms with van der Waals surface area (Å²) in [5, 5.41) is 26.1. The fourth-order valence-corrected chi connectivity index (χ4v) is 15.2. The first-order valence-electron chi connectivity index (χ1n) is 30.2. The summed E-state index contributed by atoms with van der Waals surface area (Å²) >= 11 is 0. The molecule has 3 nitrogen and oxygen atoms in total. The van der Waals surface area contributed by atoms with E-state index in [9.17, 15) is 0 Å². The van der Waals surface area contributed by atoms with E-state index in [0.29, 0.717) is 0 Å². The molecule has 3 aromatic heterocycles. The van der Waals surface area contributed by atoms with Crippen LogP contribution in [-0.2, 0) is 0 Å². The molecule has 0 N–H and O–H groups in total. The van der Waals surface area contributed by atoms with E-state index in [1.54, 1.807) is 0 Å². The minimum atomic E-state index is 1.09. The zero-order chi connectivity index (χ0) is 56.8. The molecule has 16 aromatic carbocycles. The first-order chi connectivity index (χ1) is 43.2. The van der Waals surface area contributed by atoms with Crippen LogP contribution in [0.4, 0.5) is 0 Å². The Balaban J connectivity index is 1.00. The number of para-hydroxylation sites is 3. The van der Waals surface area contributed by atoms with Crippen LogP contribution in [0.1, 0.15) is 0 Å². The monoisotopic (exact) mass is 1100 g/mol. The van der Waals surface area contributed by atoms with Crippen LogP contribution in [0.15, 0.2) is 309 Å². The van der Waals surface area contributed by atoms with E-state index in [-0.39, 0.29) is 0 Å². The van der Waals surface area contributed by atoms with Gasteiger partial charge in [-0.25, -0.2) is 0 Å². The van der Waals surface area contributed by atoms with Crippen molar-refractivity contribution in [3.63, 3.8) is 0 Å². The zero-order valence-corrected chi connectivity index (χ0v) is 47.3. The summed E-state index contributed by atoms with van der Waals surface area (Å²) in [6, 6.07) is 116. The van der Waals surface area contributed by atoms with Crippen molar-refractivity contribution in [2.24, 2.45) is 0 Å². The van der Waals surface area contributed by atoms with Gasteiger partial charge >= 0.3 is 0 Å². The van der Waals surface area contributed by atoms with Crippen LogP contribution in [0.25, 0.3) is 180 Å². The SMILES string of the molecule is c1ccc(-n2c(-c3ccc4c5ccccc5c5ccccc5c4c3)cc3c2c2cc(-c4ccc5c6ccccc6c6ccccc6c5c4)n(-c4ccccc4)c2c2cc(-c4ccc5c6ccccc6c6ccccc6c5c4)n(-c4ccccc4)c32)cc1. The maximum Gasteiger partial charge on any atom is 0.0650 e. The second-order valence-electron chi connectivity index (χ2n) is 23.4. The van der Waals surface area contributed by atoms with E-state index in [1.165, 1.54) is 113 Å². The molecule has 0 bridgehead atoms. The van der Waals surface area contributed by atoms with Gasteiger partial charge in [-0.15, -0.1) is 0 Å². The minimum absolute atomic E-state index is 1.09. The molecule has 87 heavy (non-hydrogen) atoms. The van der Waals surface area contributed by atoms with Crippen molar-refractivity contribution in [2.45, 2.75) is 0 Å². The Morgan fingerprint density at radius 3 is 0.540 bits per heavy atom. The largest absolute Gasteiger partial charge is 0.309 e. The van der Waals surface area contributed by atoms with Crippen molar-refractivity contribution in [1.82, 2.24) is 13.7 Å². The molecule has 3 heteroatoms.